The van der Waals surface area contributed by atoms with Crippen molar-refractivity contribution in [3.63, 3.8) is 0 Å². The van der Waals surface area contributed by atoms with Gasteiger partial charge in [-0.05, 0) is 78.0 Å². The summed E-state index contributed by atoms with van der Waals surface area (Å²) in [6.45, 7) is 7.03. The molecule has 0 saturated heterocycles. The van der Waals surface area contributed by atoms with Gasteiger partial charge in [-0.2, -0.15) is 13.2 Å². The van der Waals surface area contributed by atoms with Crippen molar-refractivity contribution in [3.8, 4) is 0 Å². The number of nitrogens with one attached hydrogen (secondary N) is 1. The van der Waals surface area contributed by atoms with Gasteiger partial charge in [0.25, 0.3) is 5.91 Å². The molecule has 7 heteroatoms. The normalized spacial score (nSPS) is 25.7. The number of rotatable bonds is 4. The zero-order chi connectivity index (χ0) is 24.5. The standard InChI is InChI=1S/C27H28ClF3N2O/c1-25(2)19-10-11-26(3,14-19)24(25)32-23(34)22-13-17-12-20(28)8-9-21(17)33(22)15-16-4-6-18(7-5-16)27(29,30)31/h4-9,12-13,19,24H,10-11,14-15H2,1-3H3,(H,32,34)/t19?,24?,26-/m1/s1. The molecule has 2 saturated carbocycles. The highest BCUT2D eigenvalue weighted by Crippen LogP contribution is 2.62. The molecule has 2 unspecified atom stereocenters. The van der Waals surface area contributed by atoms with Gasteiger partial charge in [0.15, 0.2) is 0 Å². The molecule has 1 N–H and O–H groups in total. The zero-order valence-corrected chi connectivity index (χ0v) is 20.2. The van der Waals surface area contributed by atoms with Crippen molar-refractivity contribution in [1.29, 1.82) is 0 Å². The summed E-state index contributed by atoms with van der Waals surface area (Å²) >= 11 is 6.20. The SMILES string of the molecule is CC1(C)C2CC[C@](C)(C2)C1NC(=O)c1cc2cc(Cl)ccc2n1Cc1ccc(C(F)(F)F)cc1. The third kappa shape index (κ3) is 3.80. The highest BCUT2D eigenvalue weighted by atomic mass is 35.5. The van der Waals surface area contributed by atoms with Crippen LogP contribution in [0, 0.1) is 16.7 Å². The highest BCUT2D eigenvalue weighted by Gasteiger charge is 2.59. The van der Waals surface area contributed by atoms with Gasteiger partial charge in [0.2, 0.25) is 0 Å². The fraction of sp³-hybridized carbons (Fsp3) is 0.444. The maximum absolute atomic E-state index is 13.6. The number of amides is 1. The van der Waals surface area contributed by atoms with E-state index in [1.165, 1.54) is 18.6 Å². The van der Waals surface area contributed by atoms with Gasteiger partial charge in [-0.25, -0.2) is 0 Å². The average Bonchev–Trinajstić information content (AvgIpc) is 3.37. The van der Waals surface area contributed by atoms with Crippen LogP contribution in [0.25, 0.3) is 10.9 Å². The summed E-state index contributed by atoms with van der Waals surface area (Å²) in [5.74, 6) is 0.436. The van der Waals surface area contributed by atoms with Crippen molar-refractivity contribution >= 4 is 28.4 Å². The summed E-state index contributed by atoms with van der Waals surface area (Å²) in [6.07, 6.45) is -0.960. The Morgan fingerprint density at radius 3 is 2.44 bits per heavy atom. The lowest BCUT2D eigenvalue weighted by Crippen LogP contribution is -2.52. The van der Waals surface area contributed by atoms with Crippen molar-refractivity contribution in [3.05, 3.63) is 70.4 Å². The number of fused-ring (bicyclic) bond motifs is 3. The lowest BCUT2D eigenvalue weighted by Gasteiger charge is -2.43. The molecule has 0 spiro atoms. The Balaban J connectivity index is 1.50. The van der Waals surface area contributed by atoms with Crippen molar-refractivity contribution < 1.29 is 18.0 Å². The van der Waals surface area contributed by atoms with Crippen LogP contribution in [0.15, 0.2) is 48.5 Å². The number of halogens is 4. The minimum Gasteiger partial charge on any atom is -0.347 e. The van der Waals surface area contributed by atoms with Crippen LogP contribution in [0.5, 0.6) is 0 Å². The maximum Gasteiger partial charge on any atom is 0.416 e. The Kier molecular flexibility index (Phi) is 5.32. The van der Waals surface area contributed by atoms with Crippen LogP contribution in [0.1, 0.15) is 61.6 Å². The second kappa shape index (κ2) is 7.77. The molecule has 2 aromatic carbocycles. The van der Waals surface area contributed by atoms with Crippen LogP contribution in [-0.4, -0.2) is 16.5 Å². The summed E-state index contributed by atoms with van der Waals surface area (Å²) in [6, 6.07) is 12.4. The van der Waals surface area contributed by atoms with Crippen LogP contribution < -0.4 is 5.32 Å². The first-order chi connectivity index (χ1) is 15.9. The van der Waals surface area contributed by atoms with Crippen LogP contribution >= 0.6 is 11.6 Å². The molecule has 1 aromatic heterocycles. The third-order valence-corrected chi connectivity index (χ3v) is 8.50. The topological polar surface area (TPSA) is 34.0 Å². The third-order valence-electron chi connectivity index (χ3n) is 8.26. The summed E-state index contributed by atoms with van der Waals surface area (Å²) < 4.78 is 40.8. The van der Waals surface area contributed by atoms with Crippen LogP contribution in [0.2, 0.25) is 5.02 Å². The summed E-state index contributed by atoms with van der Waals surface area (Å²) in [5, 5.41) is 4.73. The lowest BCUT2D eigenvalue weighted by atomic mass is 9.68. The fourth-order valence-corrected chi connectivity index (χ4v) is 6.63. The van der Waals surface area contributed by atoms with Crippen LogP contribution in [0.3, 0.4) is 0 Å². The van der Waals surface area contributed by atoms with E-state index in [1.54, 1.807) is 12.1 Å². The fourth-order valence-electron chi connectivity index (χ4n) is 6.45. The second-order valence-corrected chi connectivity index (χ2v) is 11.3. The first-order valence-electron chi connectivity index (χ1n) is 11.6. The minimum absolute atomic E-state index is 0.0102. The van der Waals surface area contributed by atoms with Gasteiger partial charge >= 0.3 is 6.18 Å². The molecule has 2 aliphatic rings. The number of benzene rings is 2. The highest BCUT2D eigenvalue weighted by molar-refractivity contribution is 6.31. The second-order valence-electron chi connectivity index (χ2n) is 10.8. The predicted molar refractivity (Wildman–Crippen MR) is 128 cm³/mol. The van der Waals surface area contributed by atoms with Crippen molar-refractivity contribution in [2.75, 3.05) is 0 Å². The molecule has 0 radical (unpaired) electrons. The van der Waals surface area contributed by atoms with Crippen molar-refractivity contribution in [2.24, 2.45) is 16.7 Å². The van der Waals surface area contributed by atoms with Gasteiger partial charge < -0.3 is 9.88 Å². The Hall–Kier alpha value is -2.47. The summed E-state index contributed by atoms with van der Waals surface area (Å²) in [4.78, 5) is 13.6. The van der Waals surface area contributed by atoms with Gasteiger partial charge in [0.1, 0.15) is 5.69 Å². The molecule has 2 bridgehead atoms. The molecule has 3 aromatic rings. The van der Waals surface area contributed by atoms with Crippen molar-refractivity contribution in [2.45, 2.75) is 58.8 Å². The molecule has 3 nitrogen and oxygen atoms in total. The predicted octanol–water partition coefficient (Wildman–Crippen LogP) is 7.31. The Morgan fingerprint density at radius 1 is 1.12 bits per heavy atom. The maximum atomic E-state index is 13.6. The molecule has 0 aliphatic heterocycles. The quantitative estimate of drug-likeness (QED) is 0.410. The number of alkyl halides is 3. The van der Waals surface area contributed by atoms with Gasteiger partial charge in [0.05, 0.1) is 5.56 Å². The molecule has 2 aliphatic carbocycles. The molecule has 1 amide bonds. The van der Waals surface area contributed by atoms with Gasteiger partial charge in [-0.3, -0.25) is 4.79 Å². The van der Waals surface area contributed by atoms with Crippen molar-refractivity contribution in [1.82, 2.24) is 9.88 Å². The number of hydrogen-bond donors (Lipinski definition) is 1. The molecule has 2 fully saturated rings. The number of carbonyl (C=O) groups is 1. The molecule has 1 heterocycles. The smallest absolute Gasteiger partial charge is 0.347 e. The number of hydrogen-bond acceptors (Lipinski definition) is 1. The number of carbonyl (C=O) groups excluding carboxylic acids is 1. The number of aromatic nitrogens is 1. The zero-order valence-electron chi connectivity index (χ0n) is 19.5. The molecule has 180 valence electrons. The van der Waals surface area contributed by atoms with E-state index in [9.17, 15) is 18.0 Å². The lowest BCUT2D eigenvalue weighted by molar-refractivity contribution is -0.137. The van der Waals surface area contributed by atoms with E-state index >= 15 is 0 Å². The van der Waals surface area contributed by atoms with Gasteiger partial charge in [0, 0.05) is 28.5 Å². The first-order valence-corrected chi connectivity index (χ1v) is 12.0. The van der Waals surface area contributed by atoms with E-state index in [0.29, 0.717) is 22.2 Å². The molecular weight excluding hydrogens is 461 g/mol. The number of nitrogens with zero attached hydrogens (tertiary/aromatic N) is 1. The molecule has 3 atom stereocenters. The van der Waals surface area contributed by atoms with E-state index < -0.39 is 11.7 Å². The molecular formula is C27H28ClF3N2O. The Bertz CT molecular complexity index is 1260. The van der Waals surface area contributed by atoms with Gasteiger partial charge in [-0.1, -0.05) is 44.5 Å². The largest absolute Gasteiger partial charge is 0.416 e. The van der Waals surface area contributed by atoms with E-state index in [1.807, 2.05) is 16.7 Å². The van der Waals surface area contributed by atoms with E-state index in [-0.39, 0.29) is 29.3 Å². The van der Waals surface area contributed by atoms with E-state index in [0.717, 1.165) is 35.9 Å². The Morgan fingerprint density at radius 2 is 1.82 bits per heavy atom. The first kappa shape index (κ1) is 23.3. The Labute approximate surface area is 202 Å². The van der Waals surface area contributed by atoms with Crippen LogP contribution in [0.4, 0.5) is 13.2 Å². The summed E-state index contributed by atoms with van der Waals surface area (Å²) in [7, 11) is 0. The molecule has 5 rings (SSSR count). The van der Waals surface area contributed by atoms with Gasteiger partial charge in [-0.15, -0.1) is 0 Å². The summed E-state index contributed by atoms with van der Waals surface area (Å²) in [5.41, 5.74) is 1.38. The molecule has 34 heavy (non-hydrogen) atoms. The minimum atomic E-state index is -4.38. The van der Waals surface area contributed by atoms with Crippen LogP contribution in [-0.2, 0) is 12.7 Å². The average molecular weight is 489 g/mol. The monoisotopic (exact) mass is 488 g/mol. The van der Waals surface area contributed by atoms with E-state index in [4.69, 9.17) is 11.6 Å². The van der Waals surface area contributed by atoms with E-state index in [2.05, 4.69) is 26.1 Å².